The van der Waals surface area contributed by atoms with E-state index in [1.54, 1.807) is 6.20 Å². The lowest BCUT2D eigenvalue weighted by Crippen LogP contribution is -2.33. The molecule has 0 atom stereocenters. The molecule has 0 bridgehead atoms. The highest BCUT2D eigenvalue weighted by Crippen LogP contribution is 2.21. The van der Waals surface area contributed by atoms with Gasteiger partial charge in [0, 0.05) is 25.8 Å². The fourth-order valence-corrected chi connectivity index (χ4v) is 3.90. The van der Waals surface area contributed by atoms with Gasteiger partial charge in [-0.25, -0.2) is 9.67 Å². The van der Waals surface area contributed by atoms with Gasteiger partial charge in [0.15, 0.2) is 0 Å². The molecule has 3 heterocycles. The van der Waals surface area contributed by atoms with E-state index in [0.717, 1.165) is 47.3 Å². The van der Waals surface area contributed by atoms with Crippen molar-refractivity contribution in [3.8, 4) is 5.69 Å². The number of hydrogen-bond donors (Lipinski definition) is 1. The second-order valence-corrected chi connectivity index (χ2v) is 8.22. The van der Waals surface area contributed by atoms with Gasteiger partial charge in [-0.05, 0) is 55.9 Å². The molecule has 2 aromatic heterocycles. The Balaban J connectivity index is 1.39. The predicted molar refractivity (Wildman–Crippen MR) is 119 cm³/mol. The average molecular weight is 404 g/mol. The fraction of sp³-hybridized carbons (Fsp3) is 0.375. The van der Waals surface area contributed by atoms with Crippen molar-refractivity contribution in [2.75, 3.05) is 18.0 Å². The number of piperidine rings is 1. The number of aryl methyl sites for hydroxylation is 1. The van der Waals surface area contributed by atoms with Crippen molar-refractivity contribution in [2.24, 2.45) is 5.92 Å². The summed E-state index contributed by atoms with van der Waals surface area (Å²) in [4.78, 5) is 19.7. The van der Waals surface area contributed by atoms with Crippen LogP contribution in [0, 0.1) is 19.8 Å². The molecule has 3 aromatic rings. The Bertz CT molecular complexity index is 1020. The zero-order valence-corrected chi connectivity index (χ0v) is 17.9. The Kier molecular flexibility index (Phi) is 5.84. The maximum Gasteiger partial charge on any atom is 0.255 e. The number of benzene rings is 1. The summed E-state index contributed by atoms with van der Waals surface area (Å²) in [5.74, 6) is 1.70. The molecule has 0 aliphatic carbocycles. The van der Waals surface area contributed by atoms with Crippen LogP contribution in [0.15, 0.2) is 48.8 Å². The number of anilines is 1. The number of hydrogen-bond acceptors (Lipinski definition) is 4. The number of para-hydroxylation sites is 1. The van der Waals surface area contributed by atoms with Crippen molar-refractivity contribution in [1.82, 2.24) is 20.1 Å². The molecule has 1 aliphatic rings. The summed E-state index contributed by atoms with van der Waals surface area (Å²) >= 11 is 0. The van der Waals surface area contributed by atoms with E-state index in [1.165, 1.54) is 12.8 Å². The van der Waals surface area contributed by atoms with Crippen LogP contribution < -0.4 is 10.2 Å². The molecule has 1 amide bonds. The topological polar surface area (TPSA) is 63.1 Å². The van der Waals surface area contributed by atoms with Crippen LogP contribution in [-0.2, 0) is 6.54 Å². The van der Waals surface area contributed by atoms with E-state index >= 15 is 0 Å². The van der Waals surface area contributed by atoms with E-state index in [4.69, 9.17) is 0 Å². The first-order valence-electron chi connectivity index (χ1n) is 10.6. The standard InChI is InChI=1S/C24H29N5O/c1-17-10-12-28(13-11-17)23-9-8-20(14-25-23)15-26-24(30)21-16-27-29(19(21)3)22-7-5-4-6-18(22)2/h4-9,14,16-17H,10-13,15H2,1-3H3,(H,26,30). The number of amides is 1. The maximum atomic E-state index is 12.7. The molecule has 6 nitrogen and oxygen atoms in total. The highest BCUT2D eigenvalue weighted by molar-refractivity contribution is 5.95. The lowest BCUT2D eigenvalue weighted by molar-refractivity contribution is 0.0950. The molecular formula is C24H29N5O. The second-order valence-electron chi connectivity index (χ2n) is 8.22. The number of aromatic nitrogens is 3. The fourth-order valence-electron chi connectivity index (χ4n) is 3.90. The lowest BCUT2D eigenvalue weighted by Gasteiger charge is -2.31. The van der Waals surface area contributed by atoms with Gasteiger partial charge in [0.25, 0.3) is 5.91 Å². The van der Waals surface area contributed by atoms with Gasteiger partial charge in [0.05, 0.1) is 23.1 Å². The van der Waals surface area contributed by atoms with Crippen molar-refractivity contribution in [2.45, 2.75) is 40.2 Å². The zero-order chi connectivity index (χ0) is 21.1. The van der Waals surface area contributed by atoms with Gasteiger partial charge in [-0.2, -0.15) is 5.10 Å². The monoisotopic (exact) mass is 403 g/mol. The summed E-state index contributed by atoms with van der Waals surface area (Å²) in [5, 5.41) is 7.42. The van der Waals surface area contributed by atoms with Crippen LogP contribution in [0.1, 0.15) is 46.9 Å². The Morgan fingerprint density at radius 1 is 1.10 bits per heavy atom. The maximum absolute atomic E-state index is 12.7. The van der Waals surface area contributed by atoms with Crippen molar-refractivity contribution in [3.63, 3.8) is 0 Å². The van der Waals surface area contributed by atoms with Gasteiger partial charge in [0.2, 0.25) is 0 Å². The molecule has 0 unspecified atom stereocenters. The van der Waals surface area contributed by atoms with Crippen LogP contribution >= 0.6 is 0 Å². The van der Waals surface area contributed by atoms with Crippen molar-refractivity contribution >= 4 is 11.7 Å². The summed E-state index contributed by atoms with van der Waals surface area (Å²) in [5.41, 5.74) is 4.51. The Hall–Kier alpha value is -3.15. The minimum absolute atomic E-state index is 0.124. The molecule has 4 rings (SSSR count). The van der Waals surface area contributed by atoms with Crippen LogP contribution in [0.3, 0.4) is 0 Å². The van der Waals surface area contributed by atoms with Crippen LogP contribution in [0.25, 0.3) is 5.69 Å². The molecule has 0 saturated carbocycles. The minimum Gasteiger partial charge on any atom is -0.357 e. The van der Waals surface area contributed by atoms with Crippen molar-refractivity contribution < 1.29 is 4.79 Å². The molecular weight excluding hydrogens is 374 g/mol. The van der Waals surface area contributed by atoms with Gasteiger partial charge in [-0.3, -0.25) is 4.79 Å². The molecule has 1 saturated heterocycles. The number of carbonyl (C=O) groups is 1. The molecule has 0 radical (unpaired) electrons. The first-order valence-corrected chi connectivity index (χ1v) is 10.6. The molecule has 156 valence electrons. The van der Waals surface area contributed by atoms with Crippen LogP contribution in [-0.4, -0.2) is 33.8 Å². The van der Waals surface area contributed by atoms with Gasteiger partial charge in [-0.1, -0.05) is 31.2 Å². The molecule has 1 N–H and O–H groups in total. The number of carbonyl (C=O) groups excluding carboxylic acids is 1. The highest BCUT2D eigenvalue weighted by Gasteiger charge is 2.18. The Morgan fingerprint density at radius 3 is 2.57 bits per heavy atom. The zero-order valence-electron chi connectivity index (χ0n) is 17.9. The third-order valence-electron chi connectivity index (χ3n) is 5.97. The normalized spacial score (nSPS) is 14.7. The third kappa shape index (κ3) is 4.22. The Labute approximate surface area is 177 Å². The molecule has 1 aliphatic heterocycles. The van der Waals surface area contributed by atoms with Gasteiger partial charge >= 0.3 is 0 Å². The predicted octanol–water partition coefficient (Wildman–Crippen LogP) is 4.05. The molecule has 6 heteroatoms. The van der Waals surface area contributed by atoms with E-state index in [9.17, 15) is 4.79 Å². The first-order chi connectivity index (χ1) is 14.5. The smallest absolute Gasteiger partial charge is 0.255 e. The van der Waals surface area contributed by atoms with E-state index in [1.807, 2.05) is 55.1 Å². The molecule has 1 aromatic carbocycles. The largest absolute Gasteiger partial charge is 0.357 e. The third-order valence-corrected chi connectivity index (χ3v) is 5.97. The molecule has 0 spiro atoms. The van der Waals surface area contributed by atoms with Crippen LogP contribution in [0.5, 0.6) is 0 Å². The second kappa shape index (κ2) is 8.69. The molecule has 30 heavy (non-hydrogen) atoms. The summed E-state index contributed by atoms with van der Waals surface area (Å²) < 4.78 is 1.82. The Morgan fingerprint density at radius 2 is 1.87 bits per heavy atom. The van der Waals surface area contributed by atoms with Gasteiger partial charge in [-0.15, -0.1) is 0 Å². The number of nitrogens with zero attached hydrogens (tertiary/aromatic N) is 4. The van der Waals surface area contributed by atoms with Gasteiger partial charge < -0.3 is 10.2 Å². The van der Waals surface area contributed by atoms with Crippen molar-refractivity contribution in [1.29, 1.82) is 0 Å². The van der Waals surface area contributed by atoms with E-state index in [-0.39, 0.29) is 5.91 Å². The quantitative estimate of drug-likeness (QED) is 0.698. The summed E-state index contributed by atoms with van der Waals surface area (Å²) in [6.07, 6.45) is 5.93. The molecule has 1 fully saturated rings. The van der Waals surface area contributed by atoms with Crippen LogP contribution in [0.4, 0.5) is 5.82 Å². The summed E-state index contributed by atoms with van der Waals surface area (Å²) in [6, 6.07) is 12.1. The number of nitrogens with one attached hydrogen (secondary N) is 1. The SMILES string of the molecule is Cc1ccccc1-n1ncc(C(=O)NCc2ccc(N3CCC(C)CC3)nc2)c1C. The van der Waals surface area contributed by atoms with Crippen LogP contribution in [0.2, 0.25) is 0 Å². The summed E-state index contributed by atoms with van der Waals surface area (Å²) in [7, 11) is 0. The minimum atomic E-state index is -0.124. The highest BCUT2D eigenvalue weighted by atomic mass is 16.1. The number of pyridine rings is 1. The van der Waals surface area contributed by atoms with E-state index < -0.39 is 0 Å². The number of rotatable bonds is 5. The lowest BCUT2D eigenvalue weighted by atomic mass is 9.99. The average Bonchev–Trinajstić information content (AvgIpc) is 3.14. The van der Waals surface area contributed by atoms with E-state index in [2.05, 4.69) is 33.3 Å². The van der Waals surface area contributed by atoms with Crippen molar-refractivity contribution in [3.05, 3.63) is 71.2 Å². The van der Waals surface area contributed by atoms with Gasteiger partial charge in [0.1, 0.15) is 5.82 Å². The van der Waals surface area contributed by atoms with E-state index in [0.29, 0.717) is 12.1 Å². The summed E-state index contributed by atoms with van der Waals surface area (Å²) in [6.45, 7) is 8.84. The first kappa shape index (κ1) is 20.1.